The van der Waals surface area contributed by atoms with E-state index in [4.69, 9.17) is 19.3 Å². The molecule has 3 rings (SSSR count). The zero-order valence-corrected chi connectivity index (χ0v) is 16.4. The largest absolute Gasteiger partial charge is 0.508 e. The van der Waals surface area contributed by atoms with Gasteiger partial charge in [-0.15, -0.1) is 0 Å². The van der Waals surface area contributed by atoms with Crippen LogP contribution in [0.15, 0.2) is 60.7 Å². The lowest BCUT2D eigenvalue weighted by atomic mass is 9.91. The first-order valence-corrected chi connectivity index (χ1v) is 9.64. The van der Waals surface area contributed by atoms with Crippen LogP contribution < -0.4 is 4.74 Å². The standard InChI is InChI=1S/C23H26O6/c1-27-20-13-8-6-11-18(20)23-28-15-16(9-3-2-4-14-21(25)26)22(29-23)17-10-5-7-12-19(17)24/h2-3,5-8,10-13,16,22-24H,4,9,14-15H2,1H3,(H,25,26)/t16-,22+,23+/m1/s1. The summed E-state index contributed by atoms with van der Waals surface area (Å²) in [4.78, 5) is 10.6. The van der Waals surface area contributed by atoms with Crippen molar-refractivity contribution in [1.82, 2.24) is 0 Å². The van der Waals surface area contributed by atoms with Crippen molar-refractivity contribution >= 4 is 5.97 Å². The minimum Gasteiger partial charge on any atom is -0.508 e. The monoisotopic (exact) mass is 398 g/mol. The number of para-hydroxylation sites is 2. The number of aliphatic carboxylic acids is 1. The Balaban J connectivity index is 1.79. The quantitative estimate of drug-likeness (QED) is 0.632. The molecule has 0 saturated carbocycles. The molecule has 0 aliphatic carbocycles. The lowest BCUT2D eigenvalue weighted by Gasteiger charge is -2.37. The van der Waals surface area contributed by atoms with E-state index in [-0.39, 0.29) is 24.2 Å². The molecule has 2 aromatic rings. The predicted molar refractivity (Wildman–Crippen MR) is 108 cm³/mol. The summed E-state index contributed by atoms with van der Waals surface area (Å²) >= 11 is 0. The fraction of sp³-hybridized carbons (Fsp3) is 0.348. The number of rotatable bonds is 8. The number of phenolic OH excluding ortho intramolecular Hbond substituents is 1. The molecule has 1 saturated heterocycles. The summed E-state index contributed by atoms with van der Waals surface area (Å²) in [6.07, 6.45) is 4.07. The van der Waals surface area contributed by atoms with Crippen molar-refractivity contribution in [3.63, 3.8) is 0 Å². The molecule has 0 amide bonds. The van der Waals surface area contributed by atoms with Gasteiger partial charge in [0.05, 0.1) is 19.8 Å². The van der Waals surface area contributed by atoms with Gasteiger partial charge in [0.15, 0.2) is 6.29 Å². The Morgan fingerprint density at radius 2 is 1.86 bits per heavy atom. The molecule has 0 unspecified atom stereocenters. The second-order valence-electron chi connectivity index (χ2n) is 6.92. The van der Waals surface area contributed by atoms with Gasteiger partial charge in [-0.3, -0.25) is 4.79 Å². The number of carboxylic acid groups (broad SMARTS) is 1. The maximum Gasteiger partial charge on any atom is 0.303 e. The van der Waals surface area contributed by atoms with E-state index in [0.717, 1.165) is 5.56 Å². The van der Waals surface area contributed by atoms with Gasteiger partial charge < -0.3 is 24.4 Å². The number of methoxy groups -OCH3 is 1. The van der Waals surface area contributed by atoms with E-state index in [1.807, 2.05) is 48.6 Å². The molecule has 1 heterocycles. The average molecular weight is 398 g/mol. The summed E-state index contributed by atoms with van der Waals surface area (Å²) in [5.41, 5.74) is 1.51. The summed E-state index contributed by atoms with van der Waals surface area (Å²) in [6.45, 7) is 0.436. The second-order valence-corrected chi connectivity index (χ2v) is 6.92. The third-order valence-electron chi connectivity index (χ3n) is 4.93. The average Bonchev–Trinajstić information content (AvgIpc) is 2.74. The zero-order chi connectivity index (χ0) is 20.6. The molecular formula is C23H26O6. The molecule has 6 nitrogen and oxygen atoms in total. The SMILES string of the molecule is COc1ccccc1[C@H]1OC[C@@H](CC=CCCC(=O)O)[C@@H](c2ccccc2O)O1. The number of benzene rings is 2. The van der Waals surface area contributed by atoms with Crippen LogP contribution in [0.25, 0.3) is 0 Å². The Bertz CT molecular complexity index is 847. The first kappa shape index (κ1) is 20.9. The highest BCUT2D eigenvalue weighted by Crippen LogP contribution is 2.44. The topological polar surface area (TPSA) is 85.2 Å². The summed E-state index contributed by atoms with van der Waals surface area (Å²) in [7, 11) is 1.60. The van der Waals surface area contributed by atoms with E-state index in [0.29, 0.717) is 30.8 Å². The van der Waals surface area contributed by atoms with Crippen LogP contribution in [0.2, 0.25) is 0 Å². The minimum absolute atomic E-state index is 0.0182. The molecular weight excluding hydrogens is 372 g/mol. The maximum atomic E-state index is 10.6. The zero-order valence-electron chi connectivity index (χ0n) is 16.4. The molecule has 1 aliphatic heterocycles. The van der Waals surface area contributed by atoms with Gasteiger partial charge in [-0.05, 0) is 25.0 Å². The fourth-order valence-electron chi connectivity index (χ4n) is 3.45. The van der Waals surface area contributed by atoms with E-state index < -0.39 is 12.3 Å². The summed E-state index contributed by atoms with van der Waals surface area (Å²) in [5, 5.41) is 19.1. The van der Waals surface area contributed by atoms with Crippen LogP contribution >= 0.6 is 0 Å². The molecule has 2 aromatic carbocycles. The van der Waals surface area contributed by atoms with Crippen molar-refractivity contribution in [1.29, 1.82) is 0 Å². The summed E-state index contributed by atoms with van der Waals surface area (Å²) in [5.74, 6) is 0.0274. The van der Waals surface area contributed by atoms with E-state index in [9.17, 15) is 9.90 Å². The van der Waals surface area contributed by atoms with Crippen molar-refractivity contribution in [2.24, 2.45) is 5.92 Å². The highest BCUT2D eigenvalue weighted by atomic mass is 16.7. The number of hydrogen-bond acceptors (Lipinski definition) is 5. The Kier molecular flexibility index (Phi) is 7.27. The molecule has 0 radical (unpaired) electrons. The van der Waals surface area contributed by atoms with Gasteiger partial charge in [-0.2, -0.15) is 0 Å². The van der Waals surface area contributed by atoms with Gasteiger partial charge in [-0.1, -0.05) is 48.6 Å². The van der Waals surface area contributed by atoms with Gasteiger partial charge in [-0.25, -0.2) is 0 Å². The van der Waals surface area contributed by atoms with Gasteiger partial charge in [0.2, 0.25) is 0 Å². The molecule has 0 aromatic heterocycles. The first-order chi connectivity index (χ1) is 14.1. The van der Waals surface area contributed by atoms with Crippen LogP contribution in [0.5, 0.6) is 11.5 Å². The summed E-state index contributed by atoms with van der Waals surface area (Å²) < 4.78 is 17.7. The first-order valence-electron chi connectivity index (χ1n) is 9.64. The van der Waals surface area contributed by atoms with Gasteiger partial charge in [0.25, 0.3) is 0 Å². The van der Waals surface area contributed by atoms with Crippen LogP contribution in [0.3, 0.4) is 0 Å². The highest BCUT2D eigenvalue weighted by Gasteiger charge is 2.35. The van der Waals surface area contributed by atoms with Crippen LogP contribution in [-0.2, 0) is 14.3 Å². The number of ether oxygens (including phenoxy) is 3. The second kappa shape index (κ2) is 10.1. The molecule has 6 heteroatoms. The number of aromatic hydroxyl groups is 1. The molecule has 1 aliphatic rings. The molecule has 3 atom stereocenters. The van der Waals surface area contributed by atoms with Gasteiger partial charge in [0.1, 0.15) is 11.5 Å². The lowest BCUT2D eigenvalue weighted by molar-refractivity contribution is -0.244. The number of hydrogen-bond donors (Lipinski definition) is 2. The van der Waals surface area contributed by atoms with Crippen molar-refractivity contribution in [3.8, 4) is 11.5 Å². The fourth-order valence-corrected chi connectivity index (χ4v) is 3.45. The van der Waals surface area contributed by atoms with Crippen LogP contribution in [-0.4, -0.2) is 29.9 Å². The maximum absolute atomic E-state index is 10.6. The van der Waals surface area contributed by atoms with Crippen molar-refractivity contribution < 1.29 is 29.2 Å². The number of carboxylic acids is 1. The van der Waals surface area contributed by atoms with Crippen molar-refractivity contribution in [3.05, 3.63) is 71.8 Å². The third kappa shape index (κ3) is 5.37. The van der Waals surface area contributed by atoms with Crippen LogP contribution in [0.1, 0.15) is 42.8 Å². The number of allylic oxidation sites excluding steroid dienone is 2. The van der Waals surface area contributed by atoms with Gasteiger partial charge >= 0.3 is 5.97 Å². The molecule has 0 bridgehead atoms. The Labute approximate surface area is 170 Å². The Morgan fingerprint density at radius 3 is 2.59 bits per heavy atom. The predicted octanol–water partition coefficient (Wildman–Crippen LogP) is 4.61. The third-order valence-corrected chi connectivity index (χ3v) is 4.93. The smallest absolute Gasteiger partial charge is 0.303 e. The van der Waals surface area contributed by atoms with E-state index >= 15 is 0 Å². The van der Waals surface area contributed by atoms with Crippen molar-refractivity contribution in [2.45, 2.75) is 31.7 Å². The molecule has 29 heavy (non-hydrogen) atoms. The van der Waals surface area contributed by atoms with E-state index in [1.165, 1.54) is 0 Å². The van der Waals surface area contributed by atoms with Gasteiger partial charge in [0, 0.05) is 23.5 Å². The Morgan fingerprint density at radius 1 is 1.14 bits per heavy atom. The summed E-state index contributed by atoms with van der Waals surface area (Å²) in [6, 6.07) is 14.7. The van der Waals surface area contributed by atoms with Crippen LogP contribution in [0.4, 0.5) is 0 Å². The van der Waals surface area contributed by atoms with Crippen LogP contribution in [0, 0.1) is 5.92 Å². The molecule has 0 spiro atoms. The van der Waals surface area contributed by atoms with Crippen molar-refractivity contribution in [2.75, 3.05) is 13.7 Å². The molecule has 1 fully saturated rings. The lowest BCUT2D eigenvalue weighted by Crippen LogP contribution is -2.30. The minimum atomic E-state index is -0.814. The molecule has 2 N–H and O–H groups in total. The Hall–Kier alpha value is -2.83. The normalized spacial score (nSPS) is 21.9. The highest BCUT2D eigenvalue weighted by molar-refractivity contribution is 5.66. The number of phenols is 1. The van der Waals surface area contributed by atoms with E-state index in [1.54, 1.807) is 19.2 Å². The van der Waals surface area contributed by atoms with E-state index in [2.05, 4.69) is 0 Å². The number of carbonyl (C=O) groups is 1. The molecule has 154 valence electrons.